The van der Waals surface area contributed by atoms with Gasteiger partial charge in [0.2, 0.25) is 11.8 Å². The molecule has 0 saturated carbocycles. The Morgan fingerprint density at radius 1 is 0.615 bits per heavy atom. The lowest BCUT2D eigenvalue weighted by Crippen LogP contribution is -2.43. The van der Waals surface area contributed by atoms with E-state index in [1.807, 2.05) is 88.4 Å². The van der Waals surface area contributed by atoms with Crippen LogP contribution in [-0.4, -0.2) is 23.9 Å². The molecule has 26 heavy (non-hydrogen) atoms. The summed E-state index contributed by atoms with van der Waals surface area (Å²) in [7, 11) is 0. The third-order valence-corrected chi connectivity index (χ3v) is 4.08. The topological polar surface area (TPSA) is 58.2 Å². The molecule has 2 aromatic rings. The van der Waals surface area contributed by atoms with Crippen molar-refractivity contribution in [3.05, 3.63) is 71.8 Å². The maximum atomic E-state index is 13.1. The van der Waals surface area contributed by atoms with Crippen LogP contribution in [0.25, 0.3) is 0 Å². The molecule has 4 heteroatoms. The van der Waals surface area contributed by atoms with Gasteiger partial charge < -0.3 is 10.6 Å². The fourth-order valence-electron chi connectivity index (χ4n) is 3.06. The summed E-state index contributed by atoms with van der Waals surface area (Å²) in [6, 6.07) is 19.0. The van der Waals surface area contributed by atoms with E-state index >= 15 is 0 Å². The summed E-state index contributed by atoms with van der Waals surface area (Å²) in [6.07, 6.45) is 0. The molecule has 0 heterocycles. The molecule has 0 aromatic heterocycles. The smallest absolute Gasteiger partial charge is 0.228 e. The number of nitrogens with one attached hydrogen (secondary N) is 2. The molecule has 4 nitrogen and oxygen atoms in total. The molecule has 0 unspecified atom stereocenters. The molecule has 2 N–H and O–H groups in total. The van der Waals surface area contributed by atoms with Gasteiger partial charge in [-0.05, 0) is 38.8 Å². The van der Waals surface area contributed by atoms with Crippen LogP contribution in [0, 0.1) is 0 Å². The maximum Gasteiger partial charge on any atom is 0.228 e. The van der Waals surface area contributed by atoms with Crippen LogP contribution in [-0.2, 0) is 9.59 Å². The second-order valence-electron chi connectivity index (χ2n) is 7.10. The van der Waals surface area contributed by atoms with Gasteiger partial charge in [-0.15, -0.1) is 0 Å². The van der Waals surface area contributed by atoms with Crippen LogP contribution < -0.4 is 10.6 Å². The van der Waals surface area contributed by atoms with Gasteiger partial charge in [0.25, 0.3) is 0 Å². The van der Waals surface area contributed by atoms with E-state index in [-0.39, 0.29) is 23.9 Å². The summed E-state index contributed by atoms with van der Waals surface area (Å²) in [4.78, 5) is 26.1. The Kier molecular flexibility index (Phi) is 6.96. The third-order valence-electron chi connectivity index (χ3n) is 4.08. The molecule has 0 aliphatic heterocycles. The first-order chi connectivity index (χ1) is 12.4. The van der Waals surface area contributed by atoms with Crippen LogP contribution in [0.4, 0.5) is 0 Å². The van der Waals surface area contributed by atoms with Crippen LogP contribution in [0.3, 0.4) is 0 Å². The standard InChI is InChI=1S/C22H28N2O2/c1-15(2)23-21(25)19(17-11-7-5-8-12-17)20(22(26)24-16(3)4)18-13-9-6-10-14-18/h5-16,19-20H,1-4H3,(H,23,25)(H,24,26)/t19-,20-/m1/s1. The first kappa shape index (κ1) is 19.7. The summed E-state index contributed by atoms with van der Waals surface area (Å²) < 4.78 is 0. The third kappa shape index (κ3) is 5.19. The molecule has 0 fully saturated rings. The quantitative estimate of drug-likeness (QED) is 0.800. The van der Waals surface area contributed by atoms with Crippen LogP contribution in [0.5, 0.6) is 0 Å². The predicted octanol–water partition coefficient (Wildman–Crippen LogP) is 3.60. The van der Waals surface area contributed by atoms with E-state index < -0.39 is 11.8 Å². The van der Waals surface area contributed by atoms with Crippen LogP contribution >= 0.6 is 0 Å². The second-order valence-corrected chi connectivity index (χ2v) is 7.10. The van der Waals surface area contributed by atoms with Gasteiger partial charge in [0, 0.05) is 12.1 Å². The van der Waals surface area contributed by atoms with Crippen molar-refractivity contribution < 1.29 is 9.59 Å². The van der Waals surface area contributed by atoms with Crippen LogP contribution in [0.2, 0.25) is 0 Å². The SMILES string of the molecule is CC(C)NC(=O)[C@H](c1ccccc1)[C@H](C(=O)NC(C)C)c1ccccc1. The Morgan fingerprint density at radius 2 is 0.923 bits per heavy atom. The molecule has 2 aromatic carbocycles. The Hall–Kier alpha value is -2.62. The summed E-state index contributed by atoms with van der Waals surface area (Å²) in [5.41, 5.74) is 1.66. The summed E-state index contributed by atoms with van der Waals surface area (Å²) >= 11 is 0. The summed E-state index contributed by atoms with van der Waals surface area (Å²) in [5, 5.41) is 5.96. The average molecular weight is 352 g/mol. The average Bonchev–Trinajstić information content (AvgIpc) is 2.59. The van der Waals surface area contributed by atoms with Gasteiger partial charge >= 0.3 is 0 Å². The number of carbonyl (C=O) groups is 2. The molecule has 2 rings (SSSR count). The maximum absolute atomic E-state index is 13.1. The number of carbonyl (C=O) groups excluding carboxylic acids is 2. The molecule has 2 amide bonds. The first-order valence-corrected chi connectivity index (χ1v) is 9.10. The second kappa shape index (κ2) is 9.18. The van der Waals surface area contributed by atoms with Gasteiger partial charge in [-0.2, -0.15) is 0 Å². The molecule has 2 atom stereocenters. The highest BCUT2D eigenvalue weighted by Gasteiger charge is 2.36. The Bertz CT molecular complexity index is 648. The highest BCUT2D eigenvalue weighted by molar-refractivity contribution is 5.95. The molecule has 0 spiro atoms. The predicted molar refractivity (Wildman–Crippen MR) is 105 cm³/mol. The normalized spacial score (nSPS) is 13.3. The van der Waals surface area contributed by atoms with E-state index in [1.165, 1.54) is 0 Å². The summed E-state index contributed by atoms with van der Waals surface area (Å²) in [6.45, 7) is 7.69. The Balaban J connectivity index is 2.53. The van der Waals surface area contributed by atoms with Gasteiger partial charge in [-0.1, -0.05) is 60.7 Å². The van der Waals surface area contributed by atoms with E-state index in [4.69, 9.17) is 0 Å². The van der Waals surface area contributed by atoms with E-state index in [0.717, 1.165) is 11.1 Å². The molecule has 0 bridgehead atoms. The van der Waals surface area contributed by atoms with Crippen LogP contribution in [0.1, 0.15) is 50.7 Å². The zero-order valence-electron chi connectivity index (χ0n) is 15.9. The van der Waals surface area contributed by atoms with E-state index in [1.54, 1.807) is 0 Å². The molecular formula is C22H28N2O2. The summed E-state index contributed by atoms with van der Waals surface area (Å²) in [5.74, 6) is -1.47. The van der Waals surface area contributed by atoms with Crippen molar-refractivity contribution in [3.8, 4) is 0 Å². The minimum Gasteiger partial charge on any atom is -0.353 e. The lowest BCUT2D eigenvalue weighted by Gasteiger charge is -2.28. The van der Waals surface area contributed by atoms with Crippen molar-refractivity contribution >= 4 is 11.8 Å². The molecule has 0 radical (unpaired) electrons. The van der Waals surface area contributed by atoms with E-state index in [0.29, 0.717) is 0 Å². The number of amides is 2. The lowest BCUT2D eigenvalue weighted by molar-refractivity contribution is -0.130. The van der Waals surface area contributed by atoms with Crippen molar-refractivity contribution in [1.82, 2.24) is 10.6 Å². The lowest BCUT2D eigenvalue weighted by atomic mass is 9.79. The van der Waals surface area contributed by atoms with Crippen molar-refractivity contribution in [2.75, 3.05) is 0 Å². The Labute approximate surface area is 156 Å². The first-order valence-electron chi connectivity index (χ1n) is 9.10. The van der Waals surface area contributed by atoms with Crippen molar-refractivity contribution in [2.24, 2.45) is 0 Å². The highest BCUT2D eigenvalue weighted by atomic mass is 16.2. The monoisotopic (exact) mass is 352 g/mol. The molecule has 0 aliphatic rings. The van der Waals surface area contributed by atoms with E-state index in [9.17, 15) is 9.59 Å². The van der Waals surface area contributed by atoms with Gasteiger partial charge in [-0.25, -0.2) is 0 Å². The van der Waals surface area contributed by atoms with Gasteiger partial charge in [-0.3, -0.25) is 9.59 Å². The highest BCUT2D eigenvalue weighted by Crippen LogP contribution is 2.34. The number of hydrogen-bond acceptors (Lipinski definition) is 2. The van der Waals surface area contributed by atoms with Gasteiger partial charge in [0.05, 0.1) is 11.8 Å². The zero-order valence-corrected chi connectivity index (χ0v) is 15.9. The van der Waals surface area contributed by atoms with Crippen molar-refractivity contribution in [2.45, 2.75) is 51.6 Å². The van der Waals surface area contributed by atoms with Crippen molar-refractivity contribution in [3.63, 3.8) is 0 Å². The molecule has 138 valence electrons. The molecule has 0 aliphatic carbocycles. The van der Waals surface area contributed by atoms with Gasteiger partial charge in [0.1, 0.15) is 0 Å². The van der Waals surface area contributed by atoms with E-state index in [2.05, 4.69) is 10.6 Å². The fraction of sp³-hybridized carbons (Fsp3) is 0.364. The minimum atomic E-state index is -0.597. The van der Waals surface area contributed by atoms with Crippen LogP contribution in [0.15, 0.2) is 60.7 Å². The number of benzene rings is 2. The molecular weight excluding hydrogens is 324 g/mol. The minimum absolute atomic E-state index is 0.00158. The van der Waals surface area contributed by atoms with Gasteiger partial charge in [0.15, 0.2) is 0 Å². The molecule has 0 saturated heterocycles. The number of hydrogen-bond donors (Lipinski definition) is 2. The zero-order chi connectivity index (χ0) is 19.1. The largest absolute Gasteiger partial charge is 0.353 e. The Morgan fingerprint density at radius 3 is 1.19 bits per heavy atom. The fourth-order valence-corrected chi connectivity index (χ4v) is 3.06. The number of rotatable bonds is 7. The van der Waals surface area contributed by atoms with Crippen molar-refractivity contribution in [1.29, 1.82) is 0 Å².